The van der Waals surface area contributed by atoms with Crippen molar-refractivity contribution >= 4 is 29.3 Å². The van der Waals surface area contributed by atoms with Gasteiger partial charge in [-0.1, -0.05) is 0 Å². The number of hydrogen-bond donors (Lipinski definition) is 2. The van der Waals surface area contributed by atoms with Crippen LogP contribution in [-0.2, 0) is 28.3 Å². The van der Waals surface area contributed by atoms with Crippen molar-refractivity contribution in [1.82, 2.24) is 19.8 Å². The van der Waals surface area contributed by atoms with E-state index in [9.17, 15) is 23.6 Å². The third-order valence-electron chi connectivity index (χ3n) is 5.97. The Morgan fingerprint density at radius 3 is 2.55 bits per heavy atom. The van der Waals surface area contributed by atoms with Gasteiger partial charge in [0.1, 0.15) is 5.82 Å². The van der Waals surface area contributed by atoms with Gasteiger partial charge in [-0.3, -0.25) is 23.9 Å². The summed E-state index contributed by atoms with van der Waals surface area (Å²) in [4.78, 5) is 55.1. The maximum absolute atomic E-state index is 13.1. The number of carbonyl (C=O) groups excluding carboxylic acids is 2. The lowest BCUT2D eigenvalue weighted by Crippen LogP contribution is -2.51. The molecule has 4 rings (SSSR count). The smallest absolute Gasteiger partial charge is 0.328 e. The first-order valence-electron chi connectivity index (χ1n) is 10.9. The van der Waals surface area contributed by atoms with Crippen molar-refractivity contribution in [3.8, 4) is 0 Å². The van der Waals surface area contributed by atoms with Crippen LogP contribution in [0.2, 0.25) is 0 Å². The van der Waals surface area contributed by atoms with E-state index in [0.29, 0.717) is 49.6 Å². The molecule has 0 bridgehead atoms. The Labute approximate surface area is 194 Å². The average molecular weight is 476 g/mol. The third kappa shape index (κ3) is 5.47. The molecule has 1 saturated heterocycles. The molecule has 0 aliphatic carbocycles. The van der Waals surface area contributed by atoms with Gasteiger partial charge in [0.2, 0.25) is 11.8 Å². The van der Waals surface area contributed by atoms with Crippen molar-refractivity contribution < 1.29 is 14.0 Å². The summed E-state index contributed by atoms with van der Waals surface area (Å²) in [5.74, 6) is 0.598. The van der Waals surface area contributed by atoms with E-state index in [-0.39, 0.29) is 42.7 Å². The molecule has 0 atom stereocenters. The topological polar surface area (TPSA) is 108 Å². The summed E-state index contributed by atoms with van der Waals surface area (Å²) in [6.07, 6.45) is 0.653. The molecule has 2 aliphatic rings. The predicted octanol–water partition coefficient (Wildman–Crippen LogP) is 0.320. The molecule has 9 nitrogen and oxygen atoms in total. The van der Waals surface area contributed by atoms with Crippen molar-refractivity contribution in [3.63, 3.8) is 0 Å². The van der Waals surface area contributed by atoms with E-state index in [2.05, 4.69) is 15.2 Å². The highest BCUT2D eigenvalue weighted by Crippen LogP contribution is 2.20. The summed E-state index contributed by atoms with van der Waals surface area (Å²) in [5, 5.41) is 2.63. The molecule has 2 aromatic rings. The molecule has 176 valence electrons. The van der Waals surface area contributed by atoms with Crippen molar-refractivity contribution in [2.45, 2.75) is 25.1 Å². The Morgan fingerprint density at radius 1 is 1.09 bits per heavy atom. The molecule has 2 amide bonds. The summed E-state index contributed by atoms with van der Waals surface area (Å²) in [5.41, 5.74) is 1.35. The largest absolute Gasteiger partial charge is 0.368 e. The van der Waals surface area contributed by atoms with Gasteiger partial charge < -0.3 is 15.1 Å². The number of carbonyl (C=O) groups is 2. The fourth-order valence-corrected chi connectivity index (χ4v) is 5.11. The Kier molecular flexibility index (Phi) is 7.17. The average Bonchev–Trinajstić information content (AvgIpc) is 2.83. The monoisotopic (exact) mass is 475 g/mol. The van der Waals surface area contributed by atoms with Crippen LogP contribution in [0.5, 0.6) is 0 Å². The highest BCUT2D eigenvalue weighted by molar-refractivity contribution is 7.98. The number of thioether (sulfide) groups is 1. The highest BCUT2D eigenvalue weighted by Gasteiger charge is 2.22. The van der Waals surface area contributed by atoms with Gasteiger partial charge in [-0.2, -0.15) is 11.8 Å². The van der Waals surface area contributed by atoms with E-state index >= 15 is 0 Å². The van der Waals surface area contributed by atoms with Crippen molar-refractivity contribution in [2.24, 2.45) is 0 Å². The van der Waals surface area contributed by atoms with E-state index in [1.165, 1.54) is 16.7 Å². The summed E-state index contributed by atoms with van der Waals surface area (Å²) in [6.45, 7) is 2.34. The molecule has 3 heterocycles. The highest BCUT2D eigenvalue weighted by atomic mass is 32.2. The zero-order valence-corrected chi connectivity index (χ0v) is 19.0. The van der Waals surface area contributed by atoms with E-state index < -0.39 is 5.69 Å². The van der Waals surface area contributed by atoms with Crippen LogP contribution in [0.15, 0.2) is 33.9 Å². The molecule has 1 aromatic heterocycles. The second-order valence-corrected chi connectivity index (χ2v) is 9.11. The molecule has 0 saturated carbocycles. The van der Waals surface area contributed by atoms with Gasteiger partial charge in [-0.25, -0.2) is 9.18 Å². The summed E-state index contributed by atoms with van der Waals surface area (Å²) >= 11 is 1.64. The van der Waals surface area contributed by atoms with Crippen LogP contribution in [0, 0.1) is 5.82 Å². The third-order valence-corrected chi connectivity index (χ3v) is 6.95. The first-order chi connectivity index (χ1) is 15.9. The lowest BCUT2D eigenvalue weighted by Gasteiger charge is -2.36. The van der Waals surface area contributed by atoms with Crippen LogP contribution < -0.4 is 21.5 Å². The van der Waals surface area contributed by atoms with E-state index in [1.54, 1.807) is 28.8 Å². The van der Waals surface area contributed by atoms with Gasteiger partial charge in [-0.15, -0.1) is 0 Å². The fraction of sp³-hybridized carbons (Fsp3) is 0.455. The number of nitrogens with one attached hydrogen (secondary N) is 2. The number of piperazine rings is 1. The normalized spacial score (nSPS) is 15.8. The van der Waals surface area contributed by atoms with E-state index in [1.807, 2.05) is 0 Å². The standard InChI is InChI=1S/C22H26FN5O4S/c23-15-1-3-16(4-2-15)26-8-10-27(11-9-26)20(30)13-24-19(29)5-7-28-18-6-12-33-14-17(18)21(31)25-22(28)32/h1-4H,5-14H2,(H,24,29)(H,25,31,32). The Bertz CT molecular complexity index is 1140. The Balaban J connectivity index is 1.24. The number of hydrogen-bond acceptors (Lipinski definition) is 6. The molecule has 33 heavy (non-hydrogen) atoms. The first kappa shape index (κ1) is 23.1. The number of aromatic amines is 1. The van der Waals surface area contributed by atoms with Gasteiger partial charge in [0.15, 0.2) is 0 Å². The van der Waals surface area contributed by atoms with Gasteiger partial charge >= 0.3 is 5.69 Å². The number of fused-ring (bicyclic) bond motifs is 1. The Morgan fingerprint density at radius 2 is 1.82 bits per heavy atom. The number of rotatable bonds is 6. The fourth-order valence-electron chi connectivity index (χ4n) is 4.12. The predicted molar refractivity (Wildman–Crippen MR) is 124 cm³/mol. The molecule has 0 unspecified atom stereocenters. The number of aromatic nitrogens is 2. The molecule has 2 aliphatic heterocycles. The zero-order chi connectivity index (χ0) is 23.4. The summed E-state index contributed by atoms with van der Waals surface area (Å²) in [7, 11) is 0. The van der Waals surface area contributed by atoms with E-state index in [4.69, 9.17) is 0 Å². The number of anilines is 1. The molecule has 0 spiro atoms. The lowest BCUT2D eigenvalue weighted by molar-refractivity contribution is -0.133. The molecule has 0 radical (unpaired) electrons. The summed E-state index contributed by atoms with van der Waals surface area (Å²) in [6, 6.07) is 6.27. The van der Waals surface area contributed by atoms with E-state index in [0.717, 1.165) is 11.4 Å². The molecule has 2 N–H and O–H groups in total. The minimum atomic E-state index is -0.506. The minimum absolute atomic E-state index is 0.0388. The van der Waals surface area contributed by atoms with Crippen LogP contribution >= 0.6 is 11.8 Å². The van der Waals surface area contributed by atoms with Crippen LogP contribution in [-0.4, -0.2) is 64.7 Å². The van der Waals surface area contributed by atoms with Crippen LogP contribution in [0.25, 0.3) is 0 Å². The van der Waals surface area contributed by atoms with Gasteiger partial charge in [0.25, 0.3) is 5.56 Å². The summed E-state index contributed by atoms with van der Waals surface area (Å²) < 4.78 is 14.6. The second kappa shape index (κ2) is 10.2. The zero-order valence-electron chi connectivity index (χ0n) is 18.1. The van der Waals surface area contributed by atoms with Gasteiger partial charge in [0, 0.05) is 61.8 Å². The second-order valence-electron chi connectivity index (χ2n) is 8.01. The quantitative estimate of drug-likeness (QED) is 0.623. The van der Waals surface area contributed by atoms with Crippen LogP contribution in [0.3, 0.4) is 0 Å². The molecule has 1 fully saturated rings. The van der Waals surface area contributed by atoms with Gasteiger partial charge in [-0.05, 0) is 36.4 Å². The molecular weight excluding hydrogens is 449 g/mol. The van der Waals surface area contributed by atoms with Gasteiger partial charge in [0.05, 0.1) is 6.54 Å². The minimum Gasteiger partial charge on any atom is -0.368 e. The number of amides is 2. The maximum Gasteiger partial charge on any atom is 0.328 e. The molecular formula is C22H26FN5O4S. The SMILES string of the molecule is O=C(CCn1c2c(c(=O)[nH]c1=O)CSCC2)NCC(=O)N1CCN(c2ccc(F)cc2)CC1. The molecule has 11 heteroatoms. The number of benzene rings is 1. The van der Waals surface area contributed by atoms with Crippen LogP contribution in [0.1, 0.15) is 17.7 Å². The van der Waals surface area contributed by atoms with Crippen molar-refractivity contribution in [1.29, 1.82) is 0 Å². The molecule has 1 aromatic carbocycles. The Hall–Kier alpha value is -3.08. The first-order valence-corrected chi connectivity index (χ1v) is 12.1. The maximum atomic E-state index is 13.1. The number of halogens is 1. The van der Waals surface area contributed by atoms with Crippen molar-refractivity contribution in [3.05, 3.63) is 62.2 Å². The van der Waals surface area contributed by atoms with Crippen molar-refractivity contribution in [2.75, 3.05) is 43.4 Å². The van der Waals surface area contributed by atoms with Crippen LogP contribution in [0.4, 0.5) is 10.1 Å². The lowest BCUT2D eigenvalue weighted by atomic mass is 10.2. The number of nitrogens with zero attached hydrogens (tertiary/aromatic N) is 3. The number of H-pyrrole nitrogens is 1.